The van der Waals surface area contributed by atoms with Crippen LogP contribution in [0.1, 0.15) is 79.3 Å². The fourth-order valence-electron chi connectivity index (χ4n) is 5.20. The van der Waals surface area contributed by atoms with Gasteiger partial charge in [0.05, 0.1) is 36.4 Å². The molecule has 0 radical (unpaired) electrons. The molecule has 0 aliphatic carbocycles. The molecule has 1 saturated heterocycles. The SMILES string of the molecule is CCCCCCCCOC(=O)CCC(=O)OCCN1CCN(c2cc(Nc3ncc(C(=O)Nc4c(C)cccc4Cl)s3)nc(C)n2)CC1. The number of esters is 2. The number of piperazine rings is 1. The van der Waals surface area contributed by atoms with E-state index in [2.05, 4.69) is 42.3 Å². The lowest BCUT2D eigenvalue weighted by atomic mass is 10.1. The Morgan fingerprint density at radius 2 is 1.65 bits per heavy atom. The Morgan fingerprint density at radius 1 is 0.938 bits per heavy atom. The van der Waals surface area contributed by atoms with E-state index in [0.717, 1.165) is 56.8 Å². The van der Waals surface area contributed by atoms with Crippen molar-refractivity contribution in [3.63, 3.8) is 0 Å². The number of benzene rings is 1. The predicted molar refractivity (Wildman–Crippen MR) is 189 cm³/mol. The van der Waals surface area contributed by atoms with Crippen LogP contribution in [0, 0.1) is 13.8 Å². The lowest BCUT2D eigenvalue weighted by molar-refractivity contribution is -0.150. The Balaban J connectivity index is 1.15. The molecule has 1 fully saturated rings. The normalized spacial score (nSPS) is 13.3. The summed E-state index contributed by atoms with van der Waals surface area (Å²) in [6.45, 7) is 10.3. The van der Waals surface area contributed by atoms with Gasteiger partial charge in [0.15, 0.2) is 5.13 Å². The molecule has 1 amide bonds. The molecule has 3 aromatic rings. The molecule has 2 N–H and O–H groups in total. The third-order valence-corrected chi connectivity index (χ3v) is 9.14. The van der Waals surface area contributed by atoms with E-state index in [9.17, 15) is 14.4 Å². The molecule has 2 aromatic heterocycles. The largest absolute Gasteiger partial charge is 0.466 e. The minimum Gasteiger partial charge on any atom is -0.466 e. The van der Waals surface area contributed by atoms with Gasteiger partial charge in [-0.05, 0) is 31.9 Å². The lowest BCUT2D eigenvalue weighted by Gasteiger charge is -2.35. The van der Waals surface area contributed by atoms with Crippen LogP contribution in [0.2, 0.25) is 5.02 Å². The zero-order valence-corrected chi connectivity index (χ0v) is 29.6. The minimum atomic E-state index is -0.384. The number of rotatable bonds is 18. The van der Waals surface area contributed by atoms with Gasteiger partial charge in [-0.1, -0.05) is 74.1 Å². The first-order chi connectivity index (χ1) is 23.2. The maximum absolute atomic E-state index is 12.8. The molecule has 3 heterocycles. The Bertz CT molecular complexity index is 1490. The number of carbonyl (C=O) groups is 3. The Morgan fingerprint density at radius 3 is 2.38 bits per heavy atom. The summed E-state index contributed by atoms with van der Waals surface area (Å²) in [5.74, 6) is 0.968. The monoisotopic (exact) mass is 699 g/mol. The summed E-state index contributed by atoms with van der Waals surface area (Å²) in [6, 6.07) is 7.33. The molecule has 14 heteroatoms. The number of halogens is 1. The van der Waals surface area contributed by atoms with Gasteiger partial charge in [0.25, 0.3) is 5.91 Å². The number of ether oxygens (including phenoxy) is 2. The molecular weight excluding hydrogens is 654 g/mol. The molecule has 0 spiro atoms. The highest BCUT2D eigenvalue weighted by atomic mass is 35.5. The van der Waals surface area contributed by atoms with E-state index < -0.39 is 0 Å². The third kappa shape index (κ3) is 12.0. The first-order valence-electron chi connectivity index (χ1n) is 16.7. The minimum absolute atomic E-state index is 0.0320. The number of hydrogen-bond acceptors (Lipinski definition) is 12. The van der Waals surface area contributed by atoms with Crippen LogP contribution >= 0.6 is 22.9 Å². The van der Waals surface area contributed by atoms with Crippen LogP contribution in [0.25, 0.3) is 0 Å². The van der Waals surface area contributed by atoms with Crippen LogP contribution in [-0.4, -0.2) is 83.6 Å². The molecule has 12 nitrogen and oxygen atoms in total. The summed E-state index contributed by atoms with van der Waals surface area (Å²) >= 11 is 7.48. The summed E-state index contributed by atoms with van der Waals surface area (Å²) in [4.78, 5) is 55.2. The Labute approximate surface area is 291 Å². The van der Waals surface area contributed by atoms with Gasteiger partial charge >= 0.3 is 11.9 Å². The Hall–Kier alpha value is -3.81. The number of hydrogen-bond donors (Lipinski definition) is 2. The van der Waals surface area contributed by atoms with Crippen LogP contribution in [0.4, 0.5) is 22.5 Å². The van der Waals surface area contributed by atoms with Crippen molar-refractivity contribution in [1.29, 1.82) is 0 Å². The maximum atomic E-state index is 12.8. The van der Waals surface area contributed by atoms with E-state index in [-0.39, 0.29) is 37.3 Å². The number of nitrogens with one attached hydrogen (secondary N) is 2. The highest BCUT2D eigenvalue weighted by molar-refractivity contribution is 7.17. The van der Waals surface area contributed by atoms with Gasteiger partial charge in [0.2, 0.25) is 0 Å². The molecule has 1 aromatic carbocycles. The van der Waals surface area contributed by atoms with Crippen molar-refractivity contribution in [2.45, 2.75) is 72.1 Å². The second kappa shape index (κ2) is 19.3. The van der Waals surface area contributed by atoms with Crippen molar-refractivity contribution >= 4 is 63.2 Å². The van der Waals surface area contributed by atoms with Gasteiger partial charge in [-0.3, -0.25) is 19.3 Å². The first kappa shape index (κ1) is 37.0. The molecule has 0 bridgehead atoms. The van der Waals surface area contributed by atoms with Crippen LogP contribution in [0.3, 0.4) is 0 Å². The van der Waals surface area contributed by atoms with Gasteiger partial charge in [0, 0.05) is 38.8 Å². The second-order valence-corrected chi connectivity index (χ2v) is 13.2. The van der Waals surface area contributed by atoms with Gasteiger partial charge in [0.1, 0.15) is 28.9 Å². The molecule has 1 aliphatic heterocycles. The van der Waals surface area contributed by atoms with Crippen molar-refractivity contribution in [1.82, 2.24) is 19.9 Å². The molecule has 48 heavy (non-hydrogen) atoms. The number of anilines is 4. The van der Waals surface area contributed by atoms with E-state index in [1.807, 2.05) is 32.0 Å². The predicted octanol–water partition coefficient (Wildman–Crippen LogP) is 6.55. The number of aromatic nitrogens is 3. The molecular formula is C34H46ClN7O5S. The van der Waals surface area contributed by atoms with Crippen molar-refractivity contribution in [2.24, 2.45) is 0 Å². The van der Waals surface area contributed by atoms with Crippen LogP contribution < -0.4 is 15.5 Å². The summed E-state index contributed by atoms with van der Waals surface area (Å²) in [6.07, 6.45) is 8.36. The third-order valence-electron chi connectivity index (χ3n) is 7.91. The number of aryl methyl sites for hydroxylation is 2. The van der Waals surface area contributed by atoms with Gasteiger partial charge in [-0.2, -0.15) is 0 Å². The smallest absolute Gasteiger partial charge is 0.306 e. The molecule has 1 aliphatic rings. The summed E-state index contributed by atoms with van der Waals surface area (Å²) in [7, 11) is 0. The topological polar surface area (TPSA) is 139 Å². The quantitative estimate of drug-likeness (QED) is 0.110. The number of thiazole rings is 1. The van der Waals surface area contributed by atoms with Crippen molar-refractivity contribution < 1.29 is 23.9 Å². The fraction of sp³-hybridized carbons (Fsp3) is 0.529. The van der Waals surface area contributed by atoms with E-state index in [1.165, 1.54) is 36.8 Å². The fourth-order valence-corrected chi connectivity index (χ4v) is 6.18. The van der Waals surface area contributed by atoms with Gasteiger partial charge in [-0.15, -0.1) is 0 Å². The number of unbranched alkanes of at least 4 members (excludes halogenated alkanes) is 5. The van der Waals surface area contributed by atoms with E-state index in [0.29, 0.717) is 45.5 Å². The van der Waals surface area contributed by atoms with E-state index in [1.54, 1.807) is 6.07 Å². The number of nitrogens with zero attached hydrogens (tertiary/aromatic N) is 5. The maximum Gasteiger partial charge on any atom is 0.306 e. The average Bonchev–Trinajstić information content (AvgIpc) is 3.53. The van der Waals surface area contributed by atoms with Crippen LogP contribution in [0.15, 0.2) is 30.5 Å². The van der Waals surface area contributed by atoms with Crippen LogP contribution in [0.5, 0.6) is 0 Å². The summed E-state index contributed by atoms with van der Waals surface area (Å²) < 4.78 is 10.6. The molecule has 260 valence electrons. The van der Waals surface area contributed by atoms with Crippen molar-refractivity contribution in [2.75, 3.05) is 61.5 Å². The summed E-state index contributed by atoms with van der Waals surface area (Å²) in [5.41, 5.74) is 1.45. The van der Waals surface area contributed by atoms with E-state index >= 15 is 0 Å². The molecule has 0 atom stereocenters. The number of amides is 1. The Kier molecular flexibility index (Phi) is 14.8. The van der Waals surface area contributed by atoms with E-state index in [4.69, 9.17) is 21.1 Å². The standard InChI is InChI=1S/C34H46ClN7O5S/c1-4-5-6-7-8-9-20-46-30(43)13-14-31(44)47-21-19-41-15-17-42(18-16-41)29-22-28(37-25(3)38-29)39-34-36-23-27(48-34)33(45)40-32-24(2)11-10-12-26(32)35/h10-12,22-23H,4-9,13-21H2,1-3H3,(H,40,45)(H,36,37,38,39). The van der Waals surface area contributed by atoms with Gasteiger partial charge < -0.3 is 25.0 Å². The number of carbonyl (C=O) groups excluding carboxylic acids is 3. The molecule has 0 unspecified atom stereocenters. The zero-order chi connectivity index (χ0) is 34.3. The average molecular weight is 700 g/mol. The summed E-state index contributed by atoms with van der Waals surface area (Å²) in [5, 5.41) is 7.09. The van der Waals surface area contributed by atoms with Crippen molar-refractivity contribution in [3.05, 3.63) is 51.7 Å². The highest BCUT2D eigenvalue weighted by Crippen LogP contribution is 2.28. The van der Waals surface area contributed by atoms with Gasteiger partial charge in [-0.25, -0.2) is 15.0 Å². The lowest BCUT2D eigenvalue weighted by Crippen LogP contribution is -2.47. The molecule has 4 rings (SSSR count). The first-order valence-corrected chi connectivity index (χ1v) is 17.8. The number of para-hydroxylation sites is 1. The van der Waals surface area contributed by atoms with Crippen molar-refractivity contribution in [3.8, 4) is 0 Å². The highest BCUT2D eigenvalue weighted by Gasteiger charge is 2.20. The molecule has 0 saturated carbocycles. The van der Waals surface area contributed by atoms with Crippen LogP contribution in [-0.2, 0) is 19.1 Å². The zero-order valence-electron chi connectivity index (χ0n) is 28.1. The second-order valence-electron chi connectivity index (χ2n) is 11.7.